The first-order chi connectivity index (χ1) is 6.20. The second-order valence-corrected chi connectivity index (χ2v) is 4.43. The van der Waals surface area contributed by atoms with E-state index < -0.39 is 0 Å². The van der Waals surface area contributed by atoms with Gasteiger partial charge in [-0.15, -0.1) is 11.3 Å². The molecule has 0 fully saturated rings. The second kappa shape index (κ2) is 3.09. The molecule has 0 unspecified atom stereocenters. The monoisotopic (exact) mass is 255 g/mol. The van der Waals surface area contributed by atoms with E-state index >= 15 is 0 Å². The predicted octanol–water partition coefficient (Wildman–Crippen LogP) is 3.67. The van der Waals surface area contributed by atoms with Crippen molar-refractivity contribution in [1.82, 2.24) is 0 Å². The number of thiophene rings is 1. The van der Waals surface area contributed by atoms with Crippen LogP contribution in [0.25, 0.3) is 10.1 Å². The number of hydrogen-bond donors (Lipinski definition) is 0. The molecule has 0 aliphatic carbocycles. The SMILES string of the molecule is N#Cc1cc2cc(F)cc(Br)c2s1. The Labute approximate surface area is 86.5 Å². The quantitative estimate of drug-likeness (QED) is 0.705. The molecule has 0 saturated heterocycles. The van der Waals surface area contributed by atoms with Crippen LogP contribution in [-0.4, -0.2) is 0 Å². The number of hydrogen-bond acceptors (Lipinski definition) is 2. The number of fused-ring (bicyclic) bond motifs is 1. The van der Waals surface area contributed by atoms with Crippen LogP contribution in [-0.2, 0) is 0 Å². The van der Waals surface area contributed by atoms with E-state index in [-0.39, 0.29) is 5.82 Å². The molecule has 13 heavy (non-hydrogen) atoms. The first-order valence-electron chi connectivity index (χ1n) is 3.49. The minimum atomic E-state index is -0.290. The molecular weight excluding hydrogens is 253 g/mol. The summed E-state index contributed by atoms with van der Waals surface area (Å²) in [6.45, 7) is 0. The van der Waals surface area contributed by atoms with Crippen molar-refractivity contribution in [3.63, 3.8) is 0 Å². The highest BCUT2D eigenvalue weighted by molar-refractivity contribution is 9.10. The summed E-state index contributed by atoms with van der Waals surface area (Å²) < 4.78 is 14.5. The molecule has 0 spiro atoms. The maximum atomic E-state index is 12.9. The molecule has 1 aromatic heterocycles. The molecule has 0 radical (unpaired) electrons. The van der Waals surface area contributed by atoms with Crippen molar-refractivity contribution in [1.29, 1.82) is 5.26 Å². The number of halogens is 2. The third-order valence-electron chi connectivity index (χ3n) is 1.65. The highest BCUT2D eigenvalue weighted by Crippen LogP contribution is 2.32. The standard InChI is InChI=1S/C9H3BrFNS/c10-8-3-6(11)1-5-2-7(4-12)13-9(5)8/h1-3H. The van der Waals surface area contributed by atoms with E-state index in [4.69, 9.17) is 5.26 Å². The first-order valence-corrected chi connectivity index (χ1v) is 5.10. The van der Waals surface area contributed by atoms with Crippen molar-refractivity contribution < 1.29 is 4.39 Å². The van der Waals surface area contributed by atoms with Gasteiger partial charge in [0.1, 0.15) is 16.8 Å². The average molecular weight is 256 g/mol. The molecule has 4 heteroatoms. The molecule has 0 saturated carbocycles. The minimum Gasteiger partial charge on any atom is -0.207 e. The van der Waals surface area contributed by atoms with Crippen molar-refractivity contribution in [2.24, 2.45) is 0 Å². The normalized spacial score (nSPS) is 10.2. The Morgan fingerprint density at radius 2 is 2.15 bits per heavy atom. The Hall–Kier alpha value is -0.920. The molecule has 0 aliphatic heterocycles. The van der Waals surface area contributed by atoms with Crippen molar-refractivity contribution >= 4 is 37.4 Å². The van der Waals surface area contributed by atoms with Crippen LogP contribution in [0, 0.1) is 17.1 Å². The molecule has 64 valence electrons. The van der Waals surface area contributed by atoms with Gasteiger partial charge in [0, 0.05) is 4.47 Å². The fourth-order valence-corrected chi connectivity index (χ4v) is 2.66. The zero-order valence-electron chi connectivity index (χ0n) is 6.34. The van der Waals surface area contributed by atoms with E-state index in [0.29, 0.717) is 9.35 Å². The molecule has 0 amide bonds. The smallest absolute Gasteiger partial charge is 0.125 e. The Kier molecular flexibility index (Phi) is 2.06. The van der Waals surface area contributed by atoms with Crippen LogP contribution in [0.5, 0.6) is 0 Å². The van der Waals surface area contributed by atoms with Crippen molar-refractivity contribution in [3.05, 3.63) is 33.4 Å². The van der Waals surface area contributed by atoms with Gasteiger partial charge in [-0.25, -0.2) is 4.39 Å². The molecule has 1 aromatic carbocycles. The van der Waals surface area contributed by atoms with E-state index in [2.05, 4.69) is 15.9 Å². The summed E-state index contributed by atoms with van der Waals surface area (Å²) in [5.41, 5.74) is 0. The minimum absolute atomic E-state index is 0.290. The lowest BCUT2D eigenvalue weighted by molar-refractivity contribution is 0.629. The summed E-state index contributed by atoms with van der Waals surface area (Å²) in [5, 5.41) is 9.42. The van der Waals surface area contributed by atoms with Crippen LogP contribution in [0.4, 0.5) is 4.39 Å². The summed E-state index contributed by atoms with van der Waals surface area (Å²) >= 11 is 4.61. The molecule has 1 heterocycles. The average Bonchev–Trinajstić information content (AvgIpc) is 2.47. The van der Waals surface area contributed by atoms with E-state index in [9.17, 15) is 4.39 Å². The van der Waals surface area contributed by atoms with E-state index in [1.54, 1.807) is 6.07 Å². The van der Waals surface area contributed by atoms with Crippen molar-refractivity contribution in [2.75, 3.05) is 0 Å². The van der Waals surface area contributed by atoms with Crippen molar-refractivity contribution in [3.8, 4) is 6.07 Å². The van der Waals surface area contributed by atoms with Gasteiger partial charge in [-0.3, -0.25) is 0 Å². The summed E-state index contributed by atoms with van der Waals surface area (Å²) in [7, 11) is 0. The molecule has 0 bridgehead atoms. The lowest BCUT2D eigenvalue weighted by Crippen LogP contribution is -1.72. The highest BCUT2D eigenvalue weighted by Gasteiger charge is 2.06. The number of nitrogens with zero attached hydrogens (tertiary/aromatic N) is 1. The Morgan fingerprint density at radius 3 is 2.85 bits per heavy atom. The van der Waals surface area contributed by atoms with Gasteiger partial charge in [0.05, 0.1) is 4.70 Å². The third kappa shape index (κ3) is 1.45. The Bertz CT molecular complexity index is 512. The predicted molar refractivity (Wildman–Crippen MR) is 54.2 cm³/mol. The van der Waals surface area contributed by atoms with Gasteiger partial charge >= 0.3 is 0 Å². The Balaban J connectivity index is 2.84. The van der Waals surface area contributed by atoms with Crippen LogP contribution in [0.15, 0.2) is 22.7 Å². The van der Waals surface area contributed by atoms with Crippen LogP contribution in [0.3, 0.4) is 0 Å². The van der Waals surface area contributed by atoms with Crippen LogP contribution >= 0.6 is 27.3 Å². The first kappa shape index (κ1) is 8.67. The molecule has 1 nitrogen and oxygen atoms in total. The maximum absolute atomic E-state index is 12.9. The van der Waals surface area contributed by atoms with Gasteiger partial charge in [-0.2, -0.15) is 5.26 Å². The molecule has 0 aliphatic rings. The summed E-state index contributed by atoms with van der Waals surface area (Å²) in [6.07, 6.45) is 0. The van der Waals surface area contributed by atoms with E-state index in [0.717, 1.165) is 10.1 Å². The van der Waals surface area contributed by atoms with Gasteiger partial charge < -0.3 is 0 Å². The lowest BCUT2D eigenvalue weighted by Gasteiger charge is -1.92. The molecule has 0 N–H and O–H groups in total. The number of rotatable bonds is 0. The van der Waals surface area contributed by atoms with Gasteiger partial charge in [0.25, 0.3) is 0 Å². The topological polar surface area (TPSA) is 23.8 Å². The van der Waals surface area contributed by atoms with Crippen molar-refractivity contribution in [2.45, 2.75) is 0 Å². The number of nitriles is 1. The summed E-state index contributed by atoms with van der Waals surface area (Å²) in [5.74, 6) is -0.290. The fourth-order valence-electron chi connectivity index (χ4n) is 1.13. The second-order valence-electron chi connectivity index (χ2n) is 2.53. The summed E-state index contributed by atoms with van der Waals surface area (Å²) in [4.78, 5) is 0.598. The van der Waals surface area contributed by atoms with Gasteiger partial charge in [-0.1, -0.05) is 0 Å². The summed E-state index contributed by atoms with van der Waals surface area (Å²) in [6, 6.07) is 6.56. The molecule has 2 rings (SSSR count). The molecular formula is C9H3BrFNS. The number of benzene rings is 1. The maximum Gasteiger partial charge on any atom is 0.125 e. The highest BCUT2D eigenvalue weighted by atomic mass is 79.9. The van der Waals surface area contributed by atoms with Gasteiger partial charge in [0.15, 0.2) is 0 Å². The van der Waals surface area contributed by atoms with Crippen LogP contribution in [0.2, 0.25) is 0 Å². The largest absolute Gasteiger partial charge is 0.207 e. The zero-order chi connectivity index (χ0) is 9.42. The van der Waals surface area contributed by atoms with Gasteiger partial charge in [-0.05, 0) is 39.5 Å². The lowest BCUT2D eigenvalue weighted by atomic mass is 10.2. The van der Waals surface area contributed by atoms with Crippen LogP contribution < -0.4 is 0 Å². The van der Waals surface area contributed by atoms with E-state index in [1.165, 1.54) is 23.5 Å². The Morgan fingerprint density at radius 1 is 1.38 bits per heavy atom. The third-order valence-corrected chi connectivity index (χ3v) is 3.62. The van der Waals surface area contributed by atoms with Gasteiger partial charge in [0.2, 0.25) is 0 Å². The molecule has 0 atom stereocenters. The van der Waals surface area contributed by atoms with E-state index in [1.807, 2.05) is 6.07 Å². The van der Waals surface area contributed by atoms with Crippen LogP contribution in [0.1, 0.15) is 4.88 Å². The molecule has 2 aromatic rings. The zero-order valence-corrected chi connectivity index (χ0v) is 8.75. The fraction of sp³-hybridized carbons (Fsp3) is 0.